The van der Waals surface area contributed by atoms with Crippen LogP contribution in [0.2, 0.25) is 0 Å². The fraction of sp³-hybridized carbons (Fsp3) is 0.476. The molecule has 2 saturated heterocycles. The monoisotopic (exact) mass is 365 g/mol. The summed E-state index contributed by atoms with van der Waals surface area (Å²) in [6.07, 6.45) is 9.39. The number of amides is 1. The van der Waals surface area contributed by atoms with E-state index in [0.29, 0.717) is 0 Å². The largest absolute Gasteiger partial charge is 0.355 e. The Kier molecular flexibility index (Phi) is 5.63. The molecular formula is C21H27N5O. The second-order valence-electron chi connectivity index (χ2n) is 7.56. The summed E-state index contributed by atoms with van der Waals surface area (Å²) < 4.78 is 0. The Labute approximate surface area is 160 Å². The lowest BCUT2D eigenvalue weighted by atomic mass is 9.97. The van der Waals surface area contributed by atoms with Crippen molar-refractivity contribution in [3.63, 3.8) is 0 Å². The van der Waals surface area contributed by atoms with Gasteiger partial charge in [0.2, 0.25) is 0 Å². The zero-order valence-electron chi connectivity index (χ0n) is 15.6. The Morgan fingerprint density at radius 2 is 1.96 bits per heavy atom. The van der Waals surface area contributed by atoms with Crippen molar-refractivity contribution in [1.82, 2.24) is 20.6 Å². The normalized spacial score (nSPS) is 20.6. The average Bonchev–Trinajstić information content (AvgIpc) is 3.23. The Bertz CT molecular complexity index is 735. The summed E-state index contributed by atoms with van der Waals surface area (Å²) in [5.41, 5.74) is 2.07. The maximum absolute atomic E-state index is 12.6. The van der Waals surface area contributed by atoms with Gasteiger partial charge in [0.1, 0.15) is 5.82 Å². The first-order chi connectivity index (χ1) is 13.3. The molecule has 2 N–H and O–H groups in total. The Balaban J connectivity index is 1.26. The van der Waals surface area contributed by atoms with E-state index in [2.05, 4.69) is 37.6 Å². The maximum atomic E-state index is 12.6. The molecule has 0 aliphatic carbocycles. The highest BCUT2D eigenvalue weighted by Crippen LogP contribution is 2.18. The summed E-state index contributed by atoms with van der Waals surface area (Å²) in [6.45, 7) is 4.01. The second kappa shape index (κ2) is 8.48. The van der Waals surface area contributed by atoms with Crippen LogP contribution >= 0.6 is 0 Å². The Morgan fingerprint density at radius 1 is 1.15 bits per heavy atom. The van der Waals surface area contributed by atoms with Crippen molar-refractivity contribution in [2.45, 2.75) is 31.7 Å². The molecule has 3 heterocycles. The van der Waals surface area contributed by atoms with Gasteiger partial charge in [-0.25, -0.2) is 4.98 Å². The average molecular weight is 365 g/mol. The number of aromatic nitrogens is 2. The van der Waals surface area contributed by atoms with E-state index >= 15 is 0 Å². The van der Waals surface area contributed by atoms with Crippen molar-refractivity contribution in [3.8, 4) is 0 Å². The molecule has 2 aromatic rings. The SMILES string of the molecule is O=C(NC1CCN(c2cnccn2)CC1)c1ccc(CC2CCNC2)cc1. The molecule has 0 spiro atoms. The van der Waals surface area contributed by atoms with E-state index in [-0.39, 0.29) is 11.9 Å². The van der Waals surface area contributed by atoms with Gasteiger partial charge in [-0.2, -0.15) is 0 Å². The highest BCUT2D eigenvalue weighted by Gasteiger charge is 2.22. The van der Waals surface area contributed by atoms with Gasteiger partial charge >= 0.3 is 0 Å². The van der Waals surface area contributed by atoms with Gasteiger partial charge in [-0.05, 0) is 62.4 Å². The molecular weight excluding hydrogens is 338 g/mol. The molecule has 2 aliphatic heterocycles. The molecule has 1 aromatic heterocycles. The van der Waals surface area contributed by atoms with Gasteiger partial charge in [0, 0.05) is 37.1 Å². The fourth-order valence-corrected chi connectivity index (χ4v) is 3.99. The summed E-state index contributed by atoms with van der Waals surface area (Å²) in [5.74, 6) is 1.67. The predicted octanol–water partition coefficient (Wildman–Crippen LogP) is 2.03. The quantitative estimate of drug-likeness (QED) is 0.848. The zero-order chi connectivity index (χ0) is 18.5. The van der Waals surface area contributed by atoms with Crippen LogP contribution in [-0.4, -0.2) is 48.1 Å². The Hall–Kier alpha value is -2.47. The molecule has 27 heavy (non-hydrogen) atoms. The van der Waals surface area contributed by atoms with Gasteiger partial charge in [0.15, 0.2) is 0 Å². The third-order valence-electron chi connectivity index (χ3n) is 5.61. The molecule has 0 bridgehead atoms. The number of carbonyl (C=O) groups is 1. The van der Waals surface area contributed by atoms with Crippen LogP contribution in [0.25, 0.3) is 0 Å². The molecule has 2 fully saturated rings. The van der Waals surface area contributed by atoms with Crippen LogP contribution in [0.3, 0.4) is 0 Å². The van der Waals surface area contributed by atoms with Crippen LogP contribution in [0.1, 0.15) is 35.2 Å². The van der Waals surface area contributed by atoms with Crippen molar-refractivity contribution in [1.29, 1.82) is 0 Å². The van der Waals surface area contributed by atoms with E-state index in [4.69, 9.17) is 0 Å². The highest BCUT2D eigenvalue weighted by atomic mass is 16.1. The van der Waals surface area contributed by atoms with Gasteiger partial charge < -0.3 is 15.5 Å². The number of nitrogens with one attached hydrogen (secondary N) is 2. The number of piperidine rings is 1. The number of carbonyl (C=O) groups excluding carboxylic acids is 1. The first-order valence-corrected chi connectivity index (χ1v) is 9.89. The summed E-state index contributed by atoms with van der Waals surface area (Å²) in [6, 6.07) is 8.34. The number of rotatable bonds is 5. The third kappa shape index (κ3) is 4.63. The molecule has 6 nitrogen and oxygen atoms in total. The molecule has 1 aromatic carbocycles. The minimum Gasteiger partial charge on any atom is -0.355 e. The zero-order valence-corrected chi connectivity index (χ0v) is 15.6. The van der Waals surface area contributed by atoms with Gasteiger partial charge in [0.05, 0.1) is 6.20 Å². The number of anilines is 1. The number of hydrogen-bond donors (Lipinski definition) is 2. The first kappa shape index (κ1) is 17.9. The number of hydrogen-bond acceptors (Lipinski definition) is 5. The van der Waals surface area contributed by atoms with Crippen LogP contribution in [0.5, 0.6) is 0 Å². The number of nitrogens with zero attached hydrogens (tertiary/aromatic N) is 3. The minimum atomic E-state index is 0.0297. The molecule has 0 saturated carbocycles. The lowest BCUT2D eigenvalue weighted by Crippen LogP contribution is -2.45. The maximum Gasteiger partial charge on any atom is 0.251 e. The molecule has 1 amide bonds. The lowest BCUT2D eigenvalue weighted by molar-refractivity contribution is 0.0931. The molecule has 1 atom stereocenters. The first-order valence-electron chi connectivity index (χ1n) is 9.89. The summed E-state index contributed by atoms with van der Waals surface area (Å²) >= 11 is 0. The van der Waals surface area contributed by atoms with Gasteiger partial charge in [-0.1, -0.05) is 12.1 Å². The molecule has 1 unspecified atom stereocenters. The van der Waals surface area contributed by atoms with E-state index < -0.39 is 0 Å². The summed E-state index contributed by atoms with van der Waals surface area (Å²) in [7, 11) is 0. The fourth-order valence-electron chi connectivity index (χ4n) is 3.99. The summed E-state index contributed by atoms with van der Waals surface area (Å²) in [4.78, 5) is 23.3. The van der Waals surface area contributed by atoms with Crippen LogP contribution < -0.4 is 15.5 Å². The Morgan fingerprint density at radius 3 is 2.63 bits per heavy atom. The molecule has 4 rings (SSSR count). The summed E-state index contributed by atoms with van der Waals surface area (Å²) in [5, 5.41) is 6.59. The topological polar surface area (TPSA) is 70.2 Å². The highest BCUT2D eigenvalue weighted by molar-refractivity contribution is 5.94. The molecule has 2 aliphatic rings. The van der Waals surface area contributed by atoms with Crippen molar-refractivity contribution in [2.24, 2.45) is 5.92 Å². The van der Waals surface area contributed by atoms with Gasteiger partial charge in [-0.15, -0.1) is 0 Å². The van der Waals surface area contributed by atoms with Crippen LogP contribution in [0, 0.1) is 5.92 Å². The van der Waals surface area contributed by atoms with Crippen molar-refractivity contribution in [3.05, 3.63) is 54.0 Å². The van der Waals surface area contributed by atoms with Crippen molar-refractivity contribution >= 4 is 11.7 Å². The third-order valence-corrected chi connectivity index (χ3v) is 5.61. The smallest absolute Gasteiger partial charge is 0.251 e. The van der Waals surface area contributed by atoms with E-state index in [1.54, 1.807) is 18.6 Å². The lowest BCUT2D eigenvalue weighted by Gasteiger charge is -2.32. The molecule has 0 radical (unpaired) electrons. The standard InChI is InChI=1S/C21H27N5O/c27-21(18-3-1-16(2-4-18)13-17-5-8-22-14-17)25-19-6-11-26(12-7-19)20-15-23-9-10-24-20/h1-4,9-10,15,17,19,22H,5-8,11-14H2,(H,25,27). The van der Waals surface area contributed by atoms with Crippen LogP contribution in [-0.2, 0) is 6.42 Å². The second-order valence-corrected chi connectivity index (χ2v) is 7.56. The van der Waals surface area contributed by atoms with E-state index in [1.807, 2.05) is 12.1 Å². The van der Waals surface area contributed by atoms with E-state index in [0.717, 1.165) is 62.7 Å². The van der Waals surface area contributed by atoms with Crippen LogP contribution in [0.15, 0.2) is 42.9 Å². The van der Waals surface area contributed by atoms with Crippen LogP contribution in [0.4, 0.5) is 5.82 Å². The van der Waals surface area contributed by atoms with E-state index in [1.165, 1.54) is 12.0 Å². The molecule has 6 heteroatoms. The van der Waals surface area contributed by atoms with Gasteiger partial charge in [0.25, 0.3) is 5.91 Å². The van der Waals surface area contributed by atoms with Gasteiger partial charge in [-0.3, -0.25) is 9.78 Å². The van der Waals surface area contributed by atoms with Crippen molar-refractivity contribution in [2.75, 3.05) is 31.1 Å². The van der Waals surface area contributed by atoms with Crippen molar-refractivity contribution < 1.29 is 4.79 Å². The number of benzene rings is 1. The minimum absolute atomic E-state index is 0.0297. The predicted molar refractivity (Wildman–Crippen MR) is 106 cm³/mol. The molecule has 142 valence electrons. The van der Waals surface area contributed by atoms with E-state index in [9.17, 15) is 4.79 Å².